The molecule has 84 valence electrons. The molecule has 1 rings (SSSR count). The van der Waals surface area contributed by atoms with Crippen LogP contribution in [0.1, 0.15) is 26.3 Å². The van der Waals surface area contributed by atoms with E-state index in [1.165, 1.54) is 0 Å². The molecule has 3 nitrogen and oxygen atoms in total. The second kappa shape index (κ2) is 5.33. The van der Waals surface area contributed by atoms with Gasteiger partial charge in [-0.3, -0.25) is 0 Å². The third-order valence-electron chi connectivity index (χ3n) is 2.40. The third-order valence-corrected chi connectivity index (χ3v) is 2.74. The maximum atomic E-state index is 5.96. The predicted octanol–water partition coefficient (Wildman–Crippen LogP) is 2.43. The van der Waals surface area contributed by atoms with Gasteiger partial charge < -0.3 is 10.6 Å². The number of nitrogens with zero attached hydrogens (tertiary/aromatic N) is 2. The van der Waals surface area contributed by atoms with E-state index in [1.54, 1.807) is 6.20 Å². The molecule has 0 amide bonds. The van der Waals surface area contributed by atoms with Crippen LogP contribution in [-0.4, -0.2) is 17.6 Å². The molecule has 0 radical (unpaired) electrons. The monoisotopic (exact) mass is 227 g/mol. The molecule has 1 aromatic rings. The summed E-state index contributed by atoms with van der Waals surface area (Å²) in [7, 11) is 0. The Bertz CT molecular complexity index is 326. The summed E-state index contributed by atoms with van der Waals surface area (Å²) in [4.78, 5) is 6.52. The van der Waals surface area contributed by atoms with E-state index < -0.39 is 0 Å². The van der Waals surface area contributed by atoms with Crippen molar-refractivity contribution >= 4 is 17.4 Å². The number of hydrogen-bond donors (Lipinski definition) is 1. The van der Waals surface area contributed by atoms with Gasteiger partial charge in [-0.15, -0.1) is 0 Å². The highest BCUT2D eigenvalue weighted by atomic mass is 35.5. The van der Waals surface area contributed by atoms with E-state index in [0.717, 1.165) is 17.9 Å². The van der Waals surface area contributed by atoms with Crippen LogP contribution in [0.2, 0.25) is 5.02 Å². The average molecular weight is 228 g/mol. The number of anilines is 1. The van der Waals surface area contributed by atoms with E-state index in [2.05, 4.69) is 30.7 Å². The highest BCUT2D eigenvalue weighted by molar-refractivity contribution is 6.31. The van der Waals surface area contributed by atoms with Gasteiger partial charge in [0, 0.05) is 25.3 Å². The molecule has 0 aliphatic heterocycles. The zero-order valence-electron chi connectivity index (χ0n) is 9.50. The van der Waals surface area contributed by atoms with Crippen molar-refractivity contribution in [1.82, 2.24) is 4.98 Å². The van der Waals surface area contributed by atoms with Crippen LogP contribution in [0.15, 0.2) is 12.3 Å². The number of hydrogen-bond acceptors (Lipinski definition) is 3. The molecular weight excluding hydrogens is 210 g/mol. The van der Waals surface area contributed by atoms with E-state index in [-0.39, 0.29) is 0 Å². The molecule has 0 spiro atoms. The van der Waals surface area contributed by atoms with Gasteiger partial charge in [0.15, 0.2) is 0 Å². The van der Waals surface area contributed by atoms with Gasteiger partial charge >= 0.3 is 0 Å². The van der Waals surface area contributed by atoms with Crippen LogP contribution in [0, 0.1) is 0 Å². The number of aromatic nitrogens is 1. The molecule has 0 aliphatic rings. The van der Waals surface area contributed by atoms with Gasteiger partial charge in [0.05, 0.1) is 5.02 Å². The standard InChI is InChI=1S/C11H18ClN3/c1-4-15(8(2)3)11-5-9(6-13)10(12)7-14-11/h5,7-8H,4,6,13H2,1-3H3. The first-order chi connectivity index (χ1) is 7.10. The first kappa shape index (κ1) is 12.3. The van der Waals surface area contributed by atoms with Crippen molar-refractivity contribution in [2.24, 2.45) is 5.73 Å². The summed E-state index contributed by atoms with van der Waals surface area (Å²) in [5.41, 5.74) is 6.55. The fraction of sp³-hybridized carbons (Fsp3) is 0.545. The molecule has 0 atom stereocenters. The van der Waals surface area contributed by atoms with Crippen molar-refractivity contribution in [1.29, 1.82) is 0 Å². The van der Waals surface area contributed by atoms with Crippen LogP contribution in [0.3, 0.4) is 0 Å². The van der Waals surface area contributed by atoms with E-state index in [4.69, 9.17) is 17.3 Å². The fourth-order valence-electron chi connectivity index (χ4n) is 1.57. The van der Waals surface area contributed by atoms with Gasteiger partial charge in [0.1, 0.15) is 5.82 Å². The predicted molar refractivity (Wildman–Crippen MR) is 65.3 cm³/mol. The summed E-state index contributed by atoms with van der Waals surface area (Å²) in [6.07, 6.45) is 1.67. The first-order valence-corrected chi connectivity index (χ1v) is 5.59. The Hall–Kier alpha value is -0.800. The lowest BCUT2D eigenvalue weighted by atomic mass is 10.2. The largest absolute Gasteiger partial charge is 0.354 e. The Balaban J connectivity index is 3.03. The molecule has 2 N–H and O–H groups in total. The molecule has 1 heterocycles. The molecule has 4 heteroatoms. The van der Waals surface area contributed by atoms with Gasteiger partial charge in [0.25, 0.3) is 0 Å². The van der Waals surface area contributed by atoms with E-state index in [1.807, 2.05) is 6.07 Å². The fourth-order valence-corrected chi connectivity index (χ4v) is 1.75. The summed E-state index contributed by atoms with van der Waals surface area (Å²) >= 11 is 5.96. The molecule has 0 unspecified atom stereocenters. The lowest BCUT2D eigenvalue weighted by molar-refractivity contribution is 0.692. The summed E-state index contributed by atoms with van der Waals surface area (Å²) in [6, 6.07) is 2.39. The zero-order chi connectivity index (χ0) is 11.4. The molecule has 0 saturated heterocycles. The van der Waals surface area contributed by atoms with E-state index >= 15 is 0 Å². The van der Waals surface area contributed by atoms with Gasteiger partial charge in [-0.2, -0.15) is 0 Å². The number of nitrogens with two attached hydrogens (primary N) is 1. The highest BCUT2D eigenvalue weighted by Gasteiger charge is 2.11. The van der Waals surface area contributed by atoms with Crippen molar-refractivity contribution in [3.8, 4) is 0 Å². The number of rotatable bonds is 4. The van der Waals surface area contributed by atoms with Crippen LogP contribution in [-0.2, 0) is 6.54 Å². The minimum Gasteiger partial charge on any atom is -0.354 e. The lowest BCUT2D eigenvalue weighted by Gasteiger charge is -2.26. The maximum Gasteiger partial charge on any atom is 0.129 e. The minimum absolute atomic E-state index is 0.425. The first-order valence-electron chi connectivity index (χ1n) is 5.21. The molecule has 0 bridgehead atoms. The Kier molecular flexibility index (Phi) is 4.36. The van der Waals surface area contributed by atoms with Crippen LogP contribution in [0.25, 0.3) is 0 Å². The van der Waals surface area contributed by atoms with Crippen molar-refractivity contribution in [3.05, 3.63) is 22.8 Å². The molecule has 15 heavy (non-hydrogen) atoms. The number of halogens is 1. The Labute approximate surface area is 96.2 Å². The Morgan fingerprint density at radius 1 is 1.53 bits per heavy atom. The van der Waals surface area contributed by atoms with Crippen molar-refractivity contribution < 1.29 is 0 Å². The molecule has 1 aromatic heterocycles. The summed E-state index contributed by atoms with van der Waals surface area (Å²) in [5.74, 6) is 0.942. The highest BCUT2D eigenvalue weighted by Crippen LogP contribution is 2.21. The Morgan fingerprint density at radius 3 is 2.67 bits per heavy atom. The summed E-state index contributed by atoms with van der Waals surface area (Å²) < 4.78 is 0. The molecule has 0 aliphatic carbocycles. The quantitative estimate of drug-likeness (QED) is 0.859. The third kappa shape index (κ3) is 2.83. The number of pyridine rings is 1. The zero-order valence-corrected chi connectivity index (χ0v) is 10.3. The van der Waals surface area contributed by atoms with Crippen LogP contribution in [0.5, 0.6) is 0 Å². The van der Waals surface area contributed by atoms with Gasteiger partial charge in [0.2, 0.25) is 0 Å². The minimum atomic E-state index is 0.425. The molecular formula is C11H18ClN3. The van der Waals surface area contributed by atoms with Gasteiger partial charge in [-0.1, -0.05) is 11.6 Å². The molecule has 0 saturated carbocycles. The normalized spacial score (nSPS) is 10.8. The van der Waals surface area contributed by atoms with Crippen molar-refractivity contribution in [2.45, 2.75) is 33.4 Å². The topological polar surface area (TPSA) is 42.1 Å². The van der Waals surface area contributed by atoms with Gasteiger partial charge in [-0.25, -0.2) is 4.98 Å². The van der Waals surface area contributed by atoms with Crippen LogP contribution >= 0.6 is 11.6 Å². The maximum absolute atomic E-state index is 5.96. The summed E-state index contributed by atoms with van der Waals surface area (Å²) in [6.45, 7) is 7.77. The smallest absolute Gasteiger partial charge is 0.129 e. The average Bonchev–Trinajstić information content (AvgIpc) is 2.21. The van der Waals surface area contributed by atoms with Crippen molar-refractivity contribution in [3.63, 3.8) is 0 Å². The van der Waals surface area contributed by atoms with E-state index in [9.17, 15) is 0 Å². The van der Waals surface area contributed by atoms with Crippen molar-refractivity contribution in [2.75, 3.05) is 11.4 Å². The second-order valence-corrected chi connectivity index (χ2v) is 4.12. The van der Waals surface area contributed by atoms with Crippen LogP contribution in [0.4, 0.5) is 5.82 Å². The van der Waals surface area contributed by atoms with E-state index in [0.29, 0.717) is 17.6 Å². The molecule has 0 fully saturated rings. The van der Waals surface area contributed by atoms with Crippen LogP contribution < -0.4 is 10.6 Å². The Morgan fingerprint density at radius 2 is 2.20 bits per heavy atom. The lowest BCUT2D eigenvalue weighted by Crippen LogP contribution is -2.31. The SMILES string of the molecule is CCN(c1cc(CN)c(Cl)cn1)C(C)C. The second-order valence-electron chi connectivity index (χ2n) is 3.72. The van der Waals surface area contributed by atoms with Gasteiger partial charge in [-0.05, 0) is 32.4 Å². The summed E-state index contributed by atoms with van der Waals surface area (Å²) in [5, 5.41) is 0.640. The molecule has 0 aromatic carbocycles.